The molecule has 1 aromatic carbocycles. The molecule has 118 valence electrons. The van der Waals surface area contributed by atoms with E-state index in [-0.39, 0.29) is 5.91 Å². The van der Waals surface area contributed by atoms with Gasteiger partial charge >= 0.3 is 0 Å². The van der Waals surface area contributed by atoms with E-state index in [0.29, 0.717) is 12.3 Å². The van der Waals surface area contributed by atoms with Gasteiger partial charge in [0, 0.05) is 13.1 Å². The van der Waals surface area contributed by atoms with Gasteiger partial charge in [-0.2, -0.15) is 0 Å². The number of amides is 1. The Labute approximate surface area is 135 Å². The van der Waals surface area contributed by atoms with Crippen LogP contribution < -0.4 is 15.4 Å². The Balaban J connectivity index is 2.55. The zero-order valence-electron chi connectivity index (χ0n) is 13.0. The van der Waals surface area contributed by atoms with Crippen molar-refractivity contribution in [1.29, 1.82) is 0 Å². The molecule has 0 saturated carbocycles. The van der Waals surface area contributed by atoms with Crippen LogP contribution in [0, 0.1) is 0 Å². The number of hydrogen-bond acceptors (Lipinski definition) is 3. The number of rotatable bonds is 9. The number of hydrogen-bond donors (Lipinski definition) is 2. The Kier molecular flexibility index (Phi) is 8.38. The van der Waals surface area contributed by atoms with Crippen LogP contribution in [0.2, 0.25) is 0 Å². The van der Waals surface area contributed by atoms with Gasteiger partial charge in [0.2, 0.25) is 0 Å². The highest BCUT2D eigenvalue weighted by atomic mass is 79.9. The monoisotopic (exact) mass is 356 g/mol. The lowest BCUT2D eigenvalue weighted by Crippen LogP contribution is -2.36. The van der Waals surface area contributed by atoms with Crippen molar-refractivity contribution >= 4 is 21.8 Å². The summed E-state index contributed by atoms with van der Waals surface area (Å²) < 4.78 is 6.58. The summed E-state index contributed by atoms with van der Waals surface area (Å²) in [5.74, 6) is 0.612. The van der Waals surface area contributed by atoms with Crippen LogP contribution in [0.3, 0.4) is 0 Å². The molecule has 0 heterocycles. The predicted octanol–water partition coefficient (Wildman–Crippen LogP) is 3.24. The molecule has 1 rings (SSSR count). The fourth-order valence-corrected chi connectivity index (χ4v) is 2.31. The van der Waals surface area contributed by atoms with Crippen molar-refractivity contribution in [1.82, 2.24) is 10.6 Å². The SMILES string of the molecule is CCCCNC(=O)C(C)Oc1ccc(CNCC)cc1Br. The quantitative estimate of drug-likeness (QED) is 0.667. The molecular formula is C16H25BrN2O2. The van der Waals surface area contributed by atoms with Gasteiger partial charge in [0.05, 0.1) is 4.47 Å². The number of carbonyl (C=O) groups is 1. The molecule has 1 amide bonds. The van der Waals surface area contributed by atoms with E-state index in [2.05, 4.69) is 40.4 Å². The van der Waals surface area contributed by atoms with Gasteiger partial charge in [-0.15, -0.1) is 0 Å². The van der Waals surface area contributed by atoms with Gasteiger partial charge in [0.1, 0.15) is 5.75 Å². The molecule has 1 aromatic rings. The van der Waals surface area contributed by atoms with Gasteiger partial charge in [0.15, 0.2) is 6.10 Å². The summed E-state index contributed by atoms with van der Waals surface area (Å²) in [6.45, 7) is 8.39. The molecule has 2 N–H and O–H groups in total. The standard InChI is InChI=1S/C16H25BrN2O2/c1-4-6-9-19-16(20)12(3)21-15-8-7-13(10-14(15)17)11-18-5-2/h7-8,10,12,18H,4-6,9,11H2,1-3H3,(H,19,20). The second-order valence-electron chi connectivity index (χ2n) is 4.95. The first-order valence-electron chi connectivity index (χ1n) is 7.52. The average molecular weight is 357 g/mol. The van der Waals surface area contributed by atoms with E-state index >= 15 is 0 Å². The van der Waals surface area contributed by atoms with Crippen LogP contribution in [0.4, 0.5) is 0 Å². The van der Waals surface area contributed by atoms with Crippen LogP contribution in [0.15, 0.2) is 22.7 Å². The molecule has 0 saturated heterocycles. The fraction of sp³-hybridized carbons (Fsp3) is 0.562. The second-order valence-corrected chi connectivity index (χ2v) is 5.80. The van der Waals surface area contributed by atoms with Gasteiger partial charge in [-0.3, -0.25) is 4.79 Å². The fourth-order valence-electron chi connectivity index (χ4n) is 1.80. The van der Waals surface area contributed by atoms with Gasteiger partial charge in [0.25, 0.3) is 5.91 Å². The van der Waals surface area contributed by atoms with E-state index in [9.17, 15) is 4.79 Å². The third-order valence-corrected chi connectivity index (χ3v) is 3.70. The topological polar surface area (TPSA) is 50.4 Å². The third kappa shape index (κ3) is 6.48. The molecule has 0 bridgehead atoms. The Hall–Kier alpha value is -1.07. The van der Waals surface area contributed by atoms with Crippen molar-refractivity contribution in [3.05, 3.63) is 28.2 Å². The van der Waals surface area contributed by atoms with Crippen molar-refractivity contribution in [3.63, 3.8) is 0 Å². The smallest absolute Gasteiger partial charge is 0.260 e. The zero-order chi connectivity index (χ0) is 15.7. The van der Waals surface area contributed by atoms with Gasteiger partial charge in [-0.05, 0) is 53.5 Å². The van der Waals surface area contributed by atoms with Crippen LogP contribution >= 0.6 is 15.9 Å². The molecule has 0 aliphatic rings. The Morgan fingerprint density at radius 2 is 2.14 bits per heavy atom. The number of benzene rings is 1. The summed E-state index contributed by atoms with van der Waals surface area (Å²) in [7, 11) is 0. The Morgan fingerprint density at radius 3 is 2.76 bits per heavy atom. The Bertz CT molecular complexity index is 452. The summed E-state index contributed by atoms with van der Waals surface area (Å²) in [4.78, 5) is 11.9. The normalized spacial score (nSPS) is 12.0. The number of nitrogens with one attached hydrogen (secondary N) is 2. The average Bonchev–Trinajstić information content (AvgIpc) is 2.47. The number of ether oxygens (including phenoxy) is 1. The van der Waals surface area contributed by atoms with Crippen LogP contribution in [0.5, 0.6) is 5.75 Å². The lowest BCUT2D eigenvalue weighted by molar-refractivity contribution is -0.127. The minimum atomic E-state index is -0.502. The number of unbranched alkanes of at least 4 members (excludes halogenated alkanes) is 1. The minimum absolute atomic E-state index is 0.0768. The maximum absolute atomic E-state index is 11.9. The van der Waals surface area contributed by atoms with E-state index < -0.39 is 6.10 Å². The lowest BCUT2D eigenvalue weighted by atomic mass is 10.2. The zero-order valence-corrected chi connectivity index (χ0v) is 14.6. The largest absolute Gasteiger partial charge is 0.480 e. The molecular weight excluding hydrogens is 332 g/mol. The molecule has 0 aromatic heterocycles. The van der Waals surface area contributed by atoms with Crippen molar-refractivity contribution in [2.24, 2.45) is 0 Å². The summed E-state index contributed by atoms with van der Waals surface area (Å²) in [6.07, 6.45) is 1.55. The first-order valence-corrected chi connectivity index (χ1v) is 8.31. The molecule has 0 fully saturated rings. The summed E-state index contributed by atoms with van der Waals surface area (Å²) >= 11 is 3.50. The van der Waals surface area contributed by atoms with Crippen molar-refractivity contribution in [3.8, 4) is 5.75 Å². The molecule has 0 spiro atoms. The van der Waals surface area contributed by atoms with Crippen LogP contribution in [-0.4, -0.2) is 25.1 Å². The predicted molar refractivity (Wildman–Crippen MR) is 89.5 cm³/mol. The molecule has 21 heavy (non-hydrogen) atoms. The highest BCUT2D eigenvalue weighted by Crippen LogP contribution is 2.27. The number of halogens is 1. The van der Waals surface area contributed by atoms with E-state index in [1.807, 2.05) is 18.2 Å². The molecule has 5 heteroatoms. The molecule has 0 radical (unpaired) electrons. The highest BCUT2D eigenvalue weighted by Gasteiger charge is 2.15. The third-order valence-electron chi connectivity index (χ3n) is 3.08. The summed E-state index contributed by atoms with van der Waals surface area (Å²) in [6, 6.07) is 5.91. The van der Waals surface area contributed by atoms with Crippen molar-refractivity contribution in [2.45, 2.75) is 46.3 Å². The van der Waals surface area contributed by atoms with Crippen LogP contribution in [0.1, 0.15) is 39.2 Å². The highest BCUT2D eigenvalue weighted by molar-refractivity contribution is 9.10. The first-order chi connectivity index (χ1) is 10.1. The maximum Gasteiger partial charge on any atom is 0.260 e. The van der Waals surface area contributed by atoms with Gasteiger partial charge in [-0.25, -0.2) is 0 Å². The molecule has 4 nitrogen and oxygen atoms in total. The first kappa shape index (κ1) is 18.0. The minimum Gasteiger partial charge on any atom is -0.480 e. The van der Waals surface area contributed by atoms with E-state index in [0.717, 1.165) is 30.4 Å². The second kappa shape index (κ2) is 9.79. The van der Waals surface area contributed by atoms with Crippen LogP contribution in [-0.2, 0) is 11.3 Å². The van der Waals surface area contributed by atoms with E-state index in [1.165, 1.54) is 5.56 Å². The summed E-state index contributed by atoms with van der Waals surface area (Å²) in [5.41, 5.74) is 1.18. The van der Waals surface area contributed by atoms with E-state index in [4.69, 9.17) is 4.74 Å². The van der Waals surface area contributed by atoms with Crippen LogP contribution in [0.25, 0.3) is 0 Å². The molecule has 1 atom stereocenters. The molecule has 0 aliphatic carbocycles. The van der Waals surface area contributed by atoms with E-state index in [1.54, 1.807) is 6.92 Å². The lowest BCUT2D eigenvalue weighted by Gasteiger charge is -2.16. The maximum atomic E-state index is 11.9. The van der Waals surface area contributed by atoms with Crippen molar-refractivity contribution < 1.29 is 9.53 Å². The number of carbonyl (C=O) groups excluding carboxylic acids is 1. The van der Waals surface area contributed by atoms with Crippen molar-refractivity contribution in [2.75, 3.05) is 13.1 Å². The van der Waals surface area contributed by atoms with Gasteiger partial charge in [-0.1, -0.05) is 26.3 Å². The summed E-state index contributed by atoms with van der Waals surface area (Å²) in [5, 5.41) is 6.15. The molecule has 0 aliphatic heterocycles. The van der Waals surface area contributed by atoms with Gasteiger partial charge < -0.3 is 15.4 Å². The molecule has 1 unspecified atom stereocenters. The Morgan fingerprint density at radius 1 is 1.38 bits per heavy atom.